The van der Waals surface area contributed by atoms with Crippen LogP contribution in [0.2, 0.25) is 0 Å². The Kier molecular flexibility index (Phi) is 8.39. The molecule has 0 aromatic heterocycles. The molecule has 0 aliphatic rings. The zero-order valence-electron chi connectivity index (χ0n) is 20.4. The van der Waals surface area contributed by atoms with Crippen LogP contribution in [0.25, 0.3) is 21.5 Å². The van der Waals surface area contributed by atoms with Crippen molar-refractivity contribution in [3.8, 4) is 0 Å². The van der Waals surface area contributed by atoms with Crippen LogP contribution >= 0.6 is 0 Å². The number of aliphatic hydroxyl groups is 1. The highest BCUT2D eigenvalue weighted by molar-refractivity contribution is 7.91. The largest absolute Gasteiger partial charge is 0.387 e. The van der Waals surface area contributed by atoms with Crippen molar-refractivity contribution in [2.75, 3.05) is 32.1 Å². The van der Waals surface area contributed by atoms with Crippen LogP contribution in [0.1, 0.15) is 51.2 Å². The Hall–Kier alpha value is -2.00. The zero-order valence-corrected chi connectivity index (χ0v) is 22.0. The molecule has 0 radical (unpaired) electrons. The SMILES string of the molecule is CCCCN(CCCC)CC(O)c1cc2cc(S(C)(=O)=O)ccc2c2cc(S(C)(=O)=O)ccc12. The molecule has 0 saturated heterocycles. The van der Waals surface area contributed by atoms with Gasteiger partial charge in [0.15, 0.2) is 19.7 Å². The molecule has 1 unspecified atom stereocenters. The molecule has 6 nitrogen and oxygen atoms in total. The number of aliphatic hydroxyl groups excluding tert-OH is 1. The maximum atomic E-state index is 12.2. The molecule has 0 spiro atoms. The van der Waals surface area contributed by atoms with E-state index in [2.05, 4.69) is 18.7 Å². The molecule has 0 fully saturated rings. The number of benzene rings is 3. The molecule has 0 bridgehead atoms. The second kappa shape index (κ2) is 10.7. The van der Waals surface area contributed by atoms with Crippen molar-refractivity contribution in [2.45, 2.75) is 55.4 Å². The van der Waals surface area contributed by atoms with Gasteiger partial charge in [-0.1, -0.05) is 38.8 Å². The second-order valence-electron chi connectivity index (χ2n) is 9.12. The fourth-order valence-electron chi connectivity index (χ4n) is 4.29. The Morgan fingerprint density at radius 3 is 1.82 bits per heavy atom. The third kappa shape index (κ3) is 6.16. The van der Waals surface area contributed by atoms with E-state index in [1.807, 2.05) is 6.07 Å². The number of rotatable bonds is 11. The summed E-state index contributed by atoms with van der Waals surface area (Å²) < 4.78 is 48.8. The summed E-state index contributed by atoms with van der Waals surface area (Å²) in [4.78, 5) is 2.64. The number of hydrogen-bond donors (Lipinski definition) is 1. The summed E-state index contributed by atoms with van der Waals surface area (Å²) >= 11 is 0. The quantitative estimate of drug-likeness (QED) is 0.379. The van der Waals surface area contributed by atoms with Crippen LogP contribution in [-0.4, -0.2) is 59.0 Å². The average molecular weight is 506 g/mol. The van der Waals surface area contributed by atoms with Crippen LogP contribution in [0, 0.1) is 0 Å². The van der Waals surface area contributed by atoms with Crippen LogP contribution in [0.5, 0.6) is 0 Å². The van der Waals surface area contributed by atoms with Crippen molar-refractivity contribution in [1.82, 2.24) is 4.90 Å². The maximum Gasteiger partial charge on any atom is 0.175 e. The fraction of sp³-hybridized carbons (Fsp3) is 0.462. The maximum absolute atomic E-state index is 12.2. The molecule has 0 aliphatic heterocycles. The van der Waals surface area contributed by atoms with Crippen LogP contribution in [0.15, 0.2) is 52.3 Å². The van der Waals surface area contributed by atoms with Crippen molar-refractivity contribution in [1.29, 1.82) is 0 Å². The van der Waals surface area contributed by atoms with Gasteiger partial charge in [-0.15, -0.1) is 0 Å². The van der Waals surface area contributed by atoms with E-state index in [-0.39, 0.29) is 9.79 Å². The summed E-state index contributed by atoms with van der Waals surface area (Å²) in [6.07, 6.45) is 5.75. The highest BCUT2D eigenvalue weighted by atomic mass is 32.2. The van der Waals surface area contributed by atoms with E-state index in [9.17, 15) is 21.9 Å². The van der Waals surface area contributed by atoms with Gasteiger partial charge in [0.2, 0.25) is 0 Å². The molecule has 186 valence electrons. The molecule has 3 rings (SSSR count). The van der Waals surface area contributed by atoms with Gasteiger partial charge in [0.1, 0.15) is 0 Å². The van der Waals surface area contributed by atoms with Crippen molar-refractivity contribution >= 4 is 41.2 Å². The van der Waals surface area contributed by atoms with Gasteiger partial charge >= 0.3 is 0 Å². The molecular formula is C26H35NO5S2. The molecule has 0 amide bonds. The minimum Gasteiger partial charge on any atom is -0.387 e. The first-order valence-electron chi connectivity index (χ1n) is 11.8. The van der Waals surface area contributed by atoms with E-state index in [0.29, 0.717) is 22.9 Å². The minimum atomic E-state index is -3.43. The van der Waals surface area contributed by atoms with Gasteiger partial charge in [0.25, 0.3) is 0 Å². The third-order valence-corrected chi connectivity index (χ3v) is 8.45. The average Bonchev–Trinajstić information content (AvgIpc) is 2.78. The zero-order chi connectivity index (χ0) is 25.1. The molecule has 0 heterocycles. The van der Waals surface area contributed by atoms with Crippen molar-refractivity contribution < 1.29 is 21.9 Å². The molecule has 1 atom stereocenters. The lowest BCUT2D eigenvalue weighted by Crippen LogP contribution is -2.30. The normalized spacial score (nSPS) is 13.7. The van der Waals surface area contributed by atoms with E-state index >= 15 is 0 Å². The predicted octanol–water partition coefficient (Wildman–Crippen LogP) is 4.74. The van der Waals surface area contributed by atoms with Crippen molar-refractivity contribution in [3.63, 3.8) is 0 Å². The molecule has 1 N–H and O–H groups in total. The summed E-state index contributed by atoms with van der Waals surface area (Å²) in [6.45, 7) is 6.54. The number of nitrogens with zero attached hydrogens (tertiary/aromatic N) is 1. The highest BCUT2D eigenvalue weighted by Gasteiger charge is 2.20. The Labute approximate surface area is 203 Å². The van der Waals surface area contributed by atoms with Crippen LogP contribution < -0.4 is 0 Å². The summed E-state index contributed by atoms with van der Waals surface area (Å²) in [6, 6.07) is 11.6. The first kappa shape index (κ1) is 26.6. The molecule has 8 heteroatoms. The first-order valence-corrected chi connectivity index (χ1v) is 15.5. The number of fused-ring (bicyclic) bond motifs is 3. The second-order valence-corrected chi connectivity index (χ2v) is 13.2. The van der Waals surface area contributed by atoms with E-state index in [0.717, 1.165) is 62.1 Å². The summed E-state index contributed by atoms with van der Waals surface area (Å²) in [5.74, 6) is 0. The Morgan fingerprint density at radius 1 is 0.765 bits per heavy atom. The molecule has 0 saturated carbocycles. The fourth-order valence-corrected chi connectivity index (χ4v) is 5.59. The summed E-state index contributed by atoms with van der Waals surface area (Å²) in [5, 5.41) is 14.2. The monoisotopic (exact) mass is 505 g/mol. The summed E-state index contributed by atoms with van der Waals surface area (Å²) in [7, 11) is -6.85. The van der Waals surface area contributed by atoms with Crippen LogP contribution in [0.4, 0.5) is 0 Å². The Morgan fingerprint density at radius 2 is 1.29 bits per heavy atom. The van der Waals surface area contributed by atoms with Crippen LogP contribution in [-0.2, 0) is 19.7 Å². The van der Waals surface area contributed by atoms with Crippen molar-refractivity contribution in [2.24, 2.45) is 0 Å². The van der Waals surface area contributed by atoms with Gasteiger partial charge in [-0.25, -0.2) is 16.8 Å². The van der Waals surface area contributed by atoms with E-state index in [1.54, 1.807) is 30.3 Å². The van der Waals surface area contributed by atoms with E-state index in [4.69, 9.17) is 0 Å². The lowest BCUT2D eigenvalue weighted by atomic mass is 9.94. The smallest absolute Gasteiger partial charge is 0.175 e. The predicted molar refractivity (Wildman–Crippen MR) is 139 cm³/mol. The van der Waals surface area contributed by atoms with Gasteiger partial charge in [0, 0.05) is 19.1 Å². The van der Waals surface area contributed by atoms with E-state index < -0.39 is 25.8 Å². The minimum absolute atomic E-state index is 0.187. The van der Waals surface area contributed by atoms with Crippen LogP contribution in [0.3, 0.4) is 0 Å². The van der Waals surface area contributed by atoms with Crippen molar-refractivity contribution in [3.05, 3.63) is 48.0 Å². The standard InChI is InChI=1S/C26H35NO5S2/c1-5-7-13-27(14-8-6-2)18-26(28)25-16-19-15-20(33(3,29)30)9-11-22(19)24-17-21(34(4,31)32)10-12-23(24)25/h9-12,15-17,26,28H,5-8,13-14,18H2,1-4H3. The highest BCUT2D eigenvalue weighted by Crippen LogP contribution is 2.35. The van der Waals surface area contributed by atoms with Gasteiger partial charge in [-0.05, 0) is 83.4 Å². The Balaban J connectivity index is 2.19. The van der Waals surface area contributed by atoms with E-state index in [1.165, 1.54) is 6.07 Å². The number of hydrogen-bond acceptors (Lipinski definition) is 6. The molecular weight excluding hydrogens is 470 g/mol. The molecule has 3 aromatic carbocycles. The van der Waals surface area contributed by atoms with Gasteiger partial charge in [-0.3, -0.25) is 0 Å². The lowest BCUT2D eigenvalue weighted by molar-refractivity contribution is 0.112. The number of unbranched alkanes of at least 4 members (excludes halogenated alkanes) is 2. The van der Waals surface area contributed by atoms with Gasteiger partial charge in [0.05, 0.1) is 15.9 Å². The number of sulfone groups is 2. The third-order valence-electron chi connectivity index (χ3n) is 6.23. The molecule has 3 aromatic rings. The molecule has 0 aliphatic carbocycles. The molecule has 34 heavy (non-hydrogen) atoms. The lowest BCUT2D eigenvalue weighted by Gasteiger charge is -2.26. The first-order chi connectivity index (χ1) is 16.0. The van der Waals surface area contributed by atoms with Gasteiger partial charge < -0.3 is 10.0 Å². The Bertz CT molecular complexity index is 1370. The summed E-state index contributed by atoms with van der Waals surface area (Å²) in [5.41, 5.74) is 0.672. The topological polar surface area (TPSA) is 91.8 Å². The van der Waals surface area contributed by atoms with Gasteiger partial charge in [-0.2, -0.15) is 0 Å².